The van der Waals surface area contributed by atoms with Gasteiger partial charge in [0.1, 0.15) is 5.75 Å². The van der Waals surface area contributed by atoms with Gasteiger partial charge in [-0.2, -0.15) is 0 Å². The van der Waals surface area contributed by atoms with Gasteiger partial charge < -0.3 is 15.2 Å². The number of aliphatic carboxylic acids is 1. The summed E-state index contributed by atoms with van der Waals surface area (Å²) in [7, 11) is 0. The molecule has 0 aliphatic carbocycles. The molecule has 1 rings (SSSR count). The van der Waals surface area contributed by atoms with Crippen molar-refractivity contribution >= 4 is 35.1 Å². The molecule has 0 fully saturated rings. The Hall–Kier alpha value is -1.46. The molecular weight excluding hydrogens is 305 g/mol. The summed E-state index contributed by atoms with van der Waals surface area (Å²) in [6.07, 6.45) is 0.369. The maximum Gasteiger partial charge on any atom is 0.306 e. The van der Waals surface area contributed by atoms with Crippen molar-refractivity contribution < 1.29 is 19.4 Å². The van der Waals surface area contributed by atoms with E-state index in [0.29, 0.717) is 22.2 Å². The van der Waals surface area contributed by atoms with Gasteiger partial charge in [0.25, 0.3) is 5.91 Å². The van der Waals surface area contributed by atoms with Crippen LogP contribution in [0.4, 0.5) is 0 Å². The number of carboxylic acid groups (broad SMARTS) is 1. The number of carbonyl (C=O) groups is 2. The Morgan fingerprint density at radius 2 is 2.05 bits per heavy atom. The second kappa shape index (κ2) is 7.97. The molecule has 7 heteroatoms. The first-order chi connectivity index (χ1) is 9.40. The fourth-order valence-electron chi connectivity index (χ4n) is 1.32. The molecule has 0 heterocycles. The van der Waals surface area contributed by atoms with E-state index in [9.17, 15) is 9.59 Å². The van der Waals surface area contributed by atoms with Crippen LogP contribution < -0.4 is 10.1 Å². The number of hydrogen-bond donors (Lipinski definition) is 2. The maximum atomic E-state index is 11.5. The lowest BCUT2D eigenvalue weighted by Crippen LogP contribution is -2.31. The van der Waals surface area contributed by atoms with E-state index in [4.69, 9.17) is 33.0 Å². The van der Waals surface area contributed by atoms with Crippen molar-refractivity contribution in [3.8, 4) is 5.75 Å². The van der Waals surface area contributed by atoms with Crippen molar-refractivity contribution in [2.24, 2.45) is 5.92 Å². The first-order valence-electron chi connectivity index (χ1n) is 5.97. The lowest BCUT2D eigenvalue weighted by Gasteiger charge is -2.09. The molecule has 0 spiro atoms. The third-order valence-corrected chi connectivity index (χ3v) is 3.32. The van der Waals surface area contributed by atoms with Crippen molar-refractivity contribution in [1.29, 1.82) is 0 Å². The Morgan fingerprint density at radius 1 is 1.35 bits per heavy atom. The predicted molar refractivity (Wildman–Crippen MR) is 76.4 cm³/mol. The highest BCUT2D eigenvalue weighted by Crippen LogP contribution is 2.26. The zero-order valence-electron chi connectivity index (χ0n) is 10.9. The summed E-state index contributed by atoms with van der Waals surface area (Å²) >= 11 is 11.6. The smallest absolute Gasteiger partial charge is 0.306 e. The largest absolute Gasteiger partial charge is 0.484 e. The third-order valence-electron chi connectivity index (χ3n) is 2.58. The normalized spacial score (nSPS) is 11.8. The molecule has 0 radical (unpaired) electrons. The molecule has 0 saturated heterocycles. The number of halogens is 2. The molecule has 1 aromatic rings. The Labute approximate surface area is 126 Å². The number of carbonyl (C=O) groups excluding carboxylic acids is 1. The van der Waals surface area contributed by atoms with Gasteiger partial charge in [-0.05, 0) is 18.6 Å². The highest BCUT2D eigenvalue weighted by Gasteiger charge is 2.11. The lowest BCUT2D eigenvalue weighted by atomic mass is 10.1. The zero-order chi connectivity index (χ0) is 15.1. The average Bonchev–Trinajstić information content (AvgIpc) is 2.40. The summed E-state index contributed by atoms with van der Waals surface area (Å²) in [5, 5.41) is 12.0. The minimum atomic E-state index is -0.883. The van der Waals surface area contributed by atoms with E-state index < -0.39 is 11.9 Å². The van der Waals surface area contributed by atoms with Crippen molar-refractivity contribution in [2.75, 3.05) is 13.2 Å². The van der Waals surface area contributed by atoms with E-state index in [1.165, 1.54) is 6.07 Å². The molecule has 1 atom stereocenters. The van der Waals surface area contributed by atoms with Crippen molar-refractivity contribution in [3.05, 3.63) is 28.2 Å². The van der Waals surface area contributed by atoms with E-state index in [0.717, 1.165) is 0 Å². The van der Waals surface area contributed by atoms with Crippen LogP contribution >= 0.6 is 23.2 Å². The molecule has 0 aliphatic rings. The Kier molecular flexibility index (Phi) is 6.61. The van der Waals surface area contributed by atoms with Crippen LogP contribution in [0.25, 0.3) is 0 Å². The fourth-order valence-corrected chi connectivity index (χ4v) is 1.61. The number of carboxylic acids is 1. The first-order valence-corrected chi connectivity index (χ1v) is 6.73. The van der Waals surface area contributed by atoms with Gasteiger partial charge in [0.15, 0.2) is 6.61 Å². The molecule has 2 N–H and O–H groups in total. The maximum absolute atomic E-state index is 11.5. The molecule has 0 bridgehead atoms. The molecular formula is C13H15Cl2NO4. The first kappa shape index (κ1) is 16.6. The van der Waals surface area contributed by atoms with Gasteiger partial charge >= 0.3 is 5.97 Å². The van der Waals surface area contributed by atoms with Gasteiger partial charge in [0, 0.05) is 12.6 Å². The monoisotopic (exact) mass is 319 g/mol. The van der Waals surface area contributed by atoms with Crippen LogP contribution in [0.1, 0.15) is 13.3 Å². The van der Waals surface area contributed by atoms with E-state index in [-0.39, 0.29) is 19.1 Å². The van der Waals surface area contributed by atoms with E-state index in [1.807, 2.05) is 0 Å². The molecule has 0 aliphatic heterocycles. The van der Waals surface area contributed by atoms with Gasteiger partial charge in [-0.1, -0.05) is 30.1 Å². The molecule has 5 nitrogen and oxygen atoms in total. The summed E-state index contributed by atoms with van der Waals surface area (Å²) in [5.74, 6) is -1.26. The van der Waals surface area contributed by atoms with Crippen LogP contribution in [-0.2, 0) is 9.59 Å². The van der Waals surface area contributed by atoms with Gasteiger partial charge in [0.2, 0.25) is 0 Å². The minimum absolute atomic E-state index is 0.167. The zero-order valence-corrected chi connectivity index (χ0v) is 12.4. The van der Waals surface area contributed by atoms with Crippen molar-refractivity contribution in [3.63, 3.8) is 0 Å². The van der Waals surface area contributed by atoms with Gasteiger partial charge in [-0.25, -0.2) is 0 Å². The third kappa shape index (κ3) is 5.67. The lowest BCUT2D eigenvalue weighted by molar-refractivity contribution is -0.141. The fraction of sp³-hybridized carbons (Fsp3) is 0.385. The quantitative estimate of drug-likeness (QED) is 0.810. The van der Waals surface area contributed by atoms with Gasteiger partial charge in [0.05, 0.1) is 16.0 Å². The average molecular weight is 320 g/mol. The van der Waals surface area contributed by atoms with Crippen LogP contribution in [0, 0.1) is 5.92 Å². The number of nitrogens with one attached hydrogen (secondary N) is 1. The molecule has 110 valence electrons. The number of amides is 1. The molecule has 20 heavy (non-hydrogen) atoms. The topological polar surface area (TPSA) is 75.6 Å². The Bertz CT molecular complexity index is 493. The summed E-state index contributed by atoms with van der Waals surface area (Å²) in [6, 6.07) is 4.70. The van der Waals surface area contributed by atoms with Gasteiger partial charge in [-0.15, -0.1) is 0 Å². The SMILES string of the molecule is CC(CCNC(=O)COc1ccc(Cl)c(Cl)c1)C(=O)O. The number of hydrogen-bond acceptors (Lipinski definition) is 3. The summed E-state index contributed by atoms with van der Waals surface area (Å²) in [4.78, 5) is 22.1. The second-order valence-corrected chi connectivity index (χ2v) is 5.06. The summed E-state index contributed by atoms with van der Waals surface area (Å²) in [6.45, 7) is 1.71. The van der Waals surface area contributed by atoms with E-state index >= 15 is 0 Å². The molecule has 0 saturated carbocycles. The Morgan fingerprint density at radius 3 is 2.65 bits per heavy atom. The summed E-state index contributed by atoms with van der Waals surface area (Å²) in [5.41, 5.74) is 0. The van der Waals surface area contributed by atoms with Crippen LogP contribution in [0.3, 0.4) is 0 Å². The highest BCUT2D eigenvalue weighted by molar-refractivity contribution is 6.42. The standard InChI is InChI=1S/C13H15Cl2NO4/c1-8(13(18)19)4-5-16-12(17)7-20-9-2-3-10(14)11(15)6-9/h2-3,6,8H,4-5,7H2,1H3,(H,16,17)(H,18,19). The van der Waals surface area contributed by atoms with Crippen molar-refractivity contribution in [1.82, 2.24) is 5.32 Å². The van der Waals surface area contributed by atoms with E-state index in [1.54, 1.807) is 19.1 Å². The second-order valence-electron chi connectivity index (χ2n) is 4.24. The number of benzene rings is 1. The number of rotatable bonds is 7. The van der Waals surface area contributed by atoms with Crippen LogP contribution in [0.5, 0.6) is 5.75 Å². The molecule has 1 aromatic carbocycles. The minimum Gasteiger partial charge on any atom is -0.484 e. The van der Waals surface area contributed by atoms with Gasteiger partial charge in [-0.3, -0.25) is 9.59 Å². The van der Waals surface area contributed by atoms with E-state index in [2.05, 4.69) is 5.32 Å². The molecule has 0 aromatic heterocycles. The van der Waals surface area contributed by atoms with Crippen LogP contribution in [0.15, 0.2) is 18.2 Å². The Balaban J connectivity index is 2.29. The van der Waals surface area contributed by atoms with Crippen LogP contribution in [-0.4, -0.2) is 30.1 Å². The van der Waals surface area contributed by atoms with Crippen molar-refractivity contribution in [2.45, 2.75) is 13.3 Å². The predicted octanol–water partition coefficient (Wildman–Crippen LogP) is 2.60. The number of ether oxygens (including phenoxy) is 1. The molecule has 1 unspecified atom stereocenters. The molecule has 1 amide bonds. The van der Waals surface area contributed by atoms with Crippen LogP contribution in [0.2, 0.25) is 10.0 Å². The summed E-state index contributed by atoms with van der Waals surface area (Å²) < 4.78 is 5.24. The highest BCUT2D eigenvalue weighted by atomic mass is 35.5.